The third-order valence-corrected chi connectivity index (χ3v) is 4.88. The molecule has 6 nitrogen and oxygen atoms in total. The highest BCUT2D eigenvalue weighted by molar-refractivity contribution is 9.10. The predicted octanol–water partition coefficient (Wildman–Crippen LogP) is 3.29. The van der Waals surface area contributed by atoms with E-state index in [1.165, 1.54) is 0 Å². The number of nitrogens with one attached hydrogen (secondary N) is 1. The molecule has 1 amide bonds. The number of hydrogen-bond donors (Lipinski definition) is 1. The number of hydrogen-bond acceptors (Lipinski definition) is 4. The molecule has 0 aliphatic carbocycles. The molecule has 0 spiro atoms. The van der Waals surface area contributed by atoms with Crippen molar-refractivity contribution in [2.24, 2.45) is 7.05 Å². The number of amides is 1. The Morgan fingerprint density at radius 1 is 1.23 bits per heavy atom. The first-order chi connectivity index (χ1) is 12.6. The summed E-state index contributed by atoms with van der Waals surface area (Å²) in [6.07, 6.45) is 1.66. The van der Waals surface area contributed by atoms with Gasteiger partial charge in [-0.15, -0.1) is 0 Å². The standard InChI is InChI=1S/C19H20BrN3O3/c1-23-15-8-4-3-7-14(15)16(20)17(23)18(24)22-12-13-6-5-9-21-19(13)26-11-10-25-2/h3-9H,10-12H2,1-2H3,(H,22,24). The lowest BCUT2D eigenvalue weighted by Gasteiger charge is -2.11. The minimum Gasteiger partial charge on any atom is -0.475 e. The number of carbonyl (C=O) groups excluding carboxylic acids is 1. The van der Waals surface area contributed by atoms with Crippen LogP contribution < -0.4 is 10.1 Å². The molecular weight excluding hydrogens is 398 g/mol. The zero-order valence-corrected chi connectivity index (χ0v) is 16.2. The van der Waals surface area contributed by atoms with Crippen LogP contribution in [0.1, 0.15) is 16.1 Å². The molecule has 0 aliphatic heterocycles. The van der Waals surface area contributed by atoms with Gasteiger partial charge in [-0.25, -0.2) is 4.98 Å². The minimum absolute atomic E-state index is 0.165. The van der Waals surface area contributed by atoms with Crippen molar-refractivity contribution >= 4 is 32.7 Å². The lowest BCUT2D eigenvalue weighted by molar-refractivity contribution is 0.0941. The number of rotatable bonds is 7. The smallest absolute Gasteiger partial charge is 0.269 e. The van der Waals surface area contributed by atoms with Gasteiger partial charge >= 0.3 is 0 Å². The van der Waals surface area contributed by atoms with Gasteiger partial charge in [0, 0.05) is 43.4 Å². The Bertz CT molecular complexity index is 885. The fourth-order valence-electron chi connectivity index (χ4n) is 2.77. The summed E-state index contributed by atoms with van der Waals surface area (Å²) in [4.78, 5) is 17.0. The maximum Gasteiger partial charge on any atom is 0.269 e. The topological polar surface area (TPSA) is 65.4 Å². The number of methoxy groups -OCH3 is 1. The highest BCUT2D eigenvalue weighted by atomic mass is 79.9. The third-order valence-electron chi connectivity index (χ3n) is 4.08. The lowest BCUT2D eigenvalue weighted by Crippen LogP contribution is -2.25. The summed E-state index contributed by atoms with van der Waals surface area (Å²) in [5.74, 6) is 0.336. The average molecular weight is 418 g/mol. The van der Waals surface area contributed by atoms with Crippen LogP contribution in [0, 0.1) is 0 Å². The summed E-state index contributed by atoms with van der Waals surface area (Å²) < 4.78 is 13.3. The number of para-hydroxylation sites is 1. The molecule has 3 rings (SSSR count). The van der Waals surface area contributed by atoms with Crippen LogP contribution in [0.25, 0.3) is 10.9 Å². The van der Waals surface area contributed by atoms with Gasteiger partial charge in [0.05, 0.1) is 11.1 Å². The summed E-state index contributed by atoms with van der Waals surface area (Å²) in [7, 11) is 3.50. The summed E-state index contributed by atoms with van der Waals surface area (Å²) in [5.41, 5.74) is 2.39. The van der Waals surface area contributed by atoms with E-state index in [9.17, 15) is 4.79 Å². The minimum atomic E-state index is -0.165. The number of fused-ring (bicyclic) bond motifs is 1. The first kappa shape index (κ1) is 18.4. The number of halogens is 1. The molecule has 0 radical (unpaired) electrons. The zero-order valence-electron chi connectivity index (χ0n) is 14.7. The van der Waals surface area contributed by atoms with Gasteiger partial charge in [0.25, 0.3) is 5.91 Å². The molecule has 1 aromatic carbocycles. The van der Waals surface area contributed by atoms with Gasteiger partial charge in [-0.3, -0.25) is 4.79 Å². The van der Waals surface area contributed by atoms with Crippen molar-refractivity contribution < 1.29 is 14.3 Å². The number of pyridine rings is 1. The number of aromatic nitrogens is 2. The second-order valence-corrected chi connectivity index (χ2v) is 6.52. The molecular formula is C19H20BrN3O3. The van der Waals surface area contributed by atoms with E-state index >= 15 is 0 Å². The van der Waals surface area contributed by atoms with Gasteiger partial charge in [0.1, 0.15) is 12.3 Å². The van der Waals surface area contributed by atoms with Crippen molar-refractivity contribution in [1.29, 1.82) is 0 Å². The molecule has 0 atom stereocenters. The first-order valence-corrected chi connectivity index (χ1v) is 8.99. The molecule has 0 unspecified atom stereocenters. The molecule has 136 valence electrons. The Hall–Kier alpha value is -2.38. The SMILES string of the molecule is COCCOc1ncccc1CNC(=O)c1c(Br)c2ccccc2n1C. The molecule has 3 aromatic rings. The van der Waals surface area contributed by atoms with Gasteiger partial charge < -0.3 is 19.4 Å². The van der Waals surface area contributed by atoms with Crippen LogP contribution in [0.3, 0.4) is 0 Å². The molecule has 26 heavy (non-hydrogen) atoms. The largest absolute Gasteiger partial charge is 0.475 e. The molecule has 0 bridgehead atoms. The van der Waals surface area contributed by atoms with Crippen LogP contribution >= 0.6 is 15.9 Å². The highest BCUT2D eigenvalue weighted by Gasteiger charge is 2.19. The van der Waals surface area contributed by atoms with Crippen molar-refractivity contribution in [2.75, 3.05) is 20.3 Å². The van der Waals surface area contributed by atoms with Crippen LogP contribution in [0.15, 0.2) is 47.1 Å². The van der Waals surface area contributed by atoms with Crippen molar-refractivity contribution in [1.82, 2.24) is 14.9 Å². The zero-order chi connectivity index (χ0) is 18.5. The monoisotopic (exact) mass is 417 g/mol. The Balaban J connectivity index is 1.76. The molecule has 7 heteroatoms. The number of nitrogens with zero attached hydrogens (tertiary/aromatic N) is 2. The van der Waals surface area contributed by atoms with E-state index in [0.29, 0.717) is 31.3 Å². The molecule has 0 saturated carbocycles. The molecule has 0 aliphatic rings. The highest BCUT2D eigenvalue weighted by Crippen LogP contribution is 2.30. The average Bonchev–Trinajstić information content (AvgIpc) is 2.92. The number of ether oxygens (including phenoxy) is 2. The molecule has 0 saturated heterocycles. The maximum absolute atomic E-state index is 12.8. The summed E-state index contributed by atoms with van der Waals surface area (Å²) >= 11 is 3.55. The summed E-state index contributed by atoms with van der Waals surface area (Å²) in [5, 5.41) is 3.95. The quantitative estimate of drug-likeness (QED) is 0.599. The molecule has 0 fully saturated rings. The van der Waals surface area contributed by atoms with Crippen molar-refractivity contribution in [3.63, 3.8) is 0 Å². The Morgan fingerprint density at radius 2 is 2.04 bits per heavy atom. The summed E-state index contributed by atoms with van der Waals surface area (Å²) in [6, 6.07) is 11.6. The van der Waals surface area contributed by atoms with Crippen LogP contribution in [0.4, 0.5) is 0 Å². The van der Waals surface area contributed by atoms with E-state index in [1.807, 2.05) is 48.0 Å². The van der Waals surface area contributed by atoms with Crippen molar-refractivity contribution in [3.8, 4) is 5.88 Å². The molecule has 2 heterocycles. The van der Waals surface area contributed by atoms with Crippen molar-refractivity contribution in [3.05, 3.63) is 58.3 Å². The Morgan fingerprint density at radius 3 is 2.81 bits per heavy atom. The van der Waals surface area contributed by atoms with Crippen LogP contribution in [-0.4, -0.2) is 35.8 Å². The van der Waals surface area contributed by atoms with Crippen molar-refractivity contribution in [2.45, 2.75) is 6.54 Å². The van der Waals surface area contributed by atoms with Gasteiger partial charge in [-0.05, 0) is 28.1 Å². The van der Waals surface area contributed by atoms with E-state index in [-0.39, 0.29) is 5.91 Å². The second-order valence-electron chi connectivity index (χ2n) is 5.73. The maximum atomic E-state index is 12.8. The van der Waals surface area contributed by atoms with Crippen LogP contribution in [0.5, 0.6) is 5.88 Å². The van der Waals surface area contributed by atoms with Gasteiger partial charge in [-0.1, -0.05) is 24.3 Å². The second kappa shape index (κ2) is 8.33. The molecule has 1 N–H and O–H groups in total. The van der Waals surface area contributed by atoms with Crippen LogP contribution in [0.2, 0.25) is 0 Å². The predicted molar refractivity (Wildman–Crippen MR) is 103 cm³/mol. The van der Waals surface area contributed by atoms with Gasteiger partial charge in [0.2, 0.25) is 5.88 Å². The number of aryl methyl sites for hydroxylation is 1. The van der Waals surface area contributed by atoms with E-state index in [4.69, 9.17) is 9.47 Å². The van der Waals surface area contributed by atoms with E-state index in [2.05, 4.69) is 26.2 Å². The van der Waals surface area contributed by atoms with Gasteiger partial charge in [0.15, 0.2) is 0 Å². The third kappa shape index (κ3) is 3.73. The first-order valence-electron chi connectivity index (χ1n) is 8.20. The fourth-order valence-corrected chi connectivity index (χ4v) is 3.55. The number of carbonyl (C=O) groups is 1. The van der Waals surface area contributed by atoms with E-state index in [0.717, 1.165) is 20.9 Å². The van der Waals surface area contributed by atoms with E-state index in [1.54, 1.807) is 13.3 Å². The lowest BCUT2D eigenvalue weighted by atomic mass is 10.2. The van der Waals surface area contributed by atoms with E-state index < -0.39 is 0 Å². The van der Waals surface area contributed by atoms with Crippen LogP contribution in [-0.2, 0) is 18.3 Å². The number of benzene rings is 1. The summed E-state index contributed by atoms with van der Waals surface area (Å²) in [6.45, 7) is 1.21. The Labute approximate surface area is 160 Å². The fraction of sp³-hybridized carbons (Fsp3) is 0.263. The molecule has 2 aromatic heterocycles. The normalized spacial score (nSPS) is 10.9. The Kier molecular flexibility index (Phi) is 5.90. The van der Waals surface area contributed by atoms with Gasteiger partial charge in [-0.2, -0.15) is 0 Å².